The molecular weight excluding hydrogens is 424 g/mol. The van der Waals surface area contributed by atoms with Crippen LogP contribution in [0.1, 0.15) is 18.2 Å². The third-order valence-electron chi connectivity index (χ3n) is 3.75. The average Bonchev–Trinajstić information content (AvgIpc) is 3.10. The molecule has 0 bridgehead atoms. The SMILES string of the molecule is CCOC(=O)Cc1csc(-c2cc(Cl)ccc2OCc2ccc(Cl)cc2F)n1. The second kappa shape index (κ2) is 9.37. The first kappa shape index (κ1) is 20.6. The quantitative estimate of drug-likeness (QED) is 0.427. The third kappa shape index (κ3) is 5.22. The summed E-state index contributed by atoms with van der Waals surface area (Å²) in [6.07, 6.45) is 0.0943. The Morgan fingerprint density at radius 1 is 1.18 bits per heavy atom. The van der Waals surface area contributed by atoms with E-state index in [1.54, 1.807) is 42.6 Å². The summed E-state index contributed by atoms with van der Waals surface area (Å²) in [5, 5.41) is 3.27. The highest BCUT2D eigenvalue weighted by molar-refractivity contribution is 7.13. The molecule has 0 saturated heterocycles. The fourth-order valence-corrected chi connectivity index (χ4v) is 3.63. The highest BCUT2D eigenvalue weighted by atomic mass is 35.5. The molecule has 0 unspecified atom stereocenters. The number of nitrogens with zero attached hydrogens (tertiary/aromatic N) is 1. The van der Waals surface area contributed by atoms with Gasteiger partial charge < -0.3 is 9.47 Å². The minimum absolute atomic E-state index is 0.0265. The standard InChI is InChI=1S/C20H16Cl2FNO3S/c1-2-26-19(25)9-15-11-28-20(24-15)16-7-13(21)5-6-18(16)27-10-12-3-4-14(22)8-17(12)23/h3-8,11H,2,9-10H2,1H3. The van der Waals surface area contributed by atoms with Crippen LogP contribution in [0, 0.1) is 5.82 Å². The Hall–Kier alpha value is -2.15. The van der Waals surface area contributed by atoms with E-state index in [-0.39, 0.29) is 19.0 Å². The van der Waals surface area contributed by atoms with Crippen LogP contribution in [-0.2, 0) is 22.6 Å². The molecule has 0 N–H and O–H groups in total. The number of ether oxygens (including phenoxy) is 2. The normalized spacial score (nSPS) is 10.7. The molecule has 0 fully saturated rings. The number of hydrogen-bond acceptors (Lipinski definition) is 5. The van der Waals surface area contributed by atoms with E-state index in [4.69, 9.17) is 32.7 Å². The zero-order valence-corrected chi connectivity index (χ0v) is 17.2. The molecule has 0 aliphatic rings. The highest BCUT2D eigenvalue weighted by Crippen LogP contribution is 2.35. The first-order valence-electron chi connectivity index (χ1n) is 8.43. The van der Waals surface area contributed by atoms with Crippen molar-refractivity contribution in [3.8, 4) is 16.3 Å². The summed E-state index contributed by atoms with van der Waals surface area (Å²) in [7, 11) is 0. The molecule has 0 amide bonds. The van der Waals surface area contributed by atoms with Gasteiger partial charge in [0.2, 0.25) is 0 Å². The Morgan fingerprint density at radius 3 is 2.68 bits per heavy atom. The Bertz CT molecular complexity index is 993. The van der Waals surface area contributed by atoms with Gasteiger partial charge >= 0.3 is 5.97 Å². The lowest BCUT2D eigenvalue weighted by Gasteiger charge is -2.11. The van der Waals surface area contributed by atoms with Gasteiger partial charge in [0, 0.05) is 21.0 Å². The van der Waals surface area contributed by atoms with E-state index in [0.717, 1.165) is 0 Å². The van der Waals surface area contributed by atoms with Gasteiger partial charge in [0.15, 0.2) is 0 Å². The second-order valence-electron chi connectivity index (χ2n) is 5.79. The largest absolute Gasteiger partial charge is 0.488 e. The summed E-state index contributed by atoms with van der Waals surface area (Å²) < 4.78 is 24.8. The fraction of sp³-hybridized carbons (Fsp3) is 0.200. The van der Waals surface area contributed by atoms with Crippen LogP contribution in [0.4, 0.5) is 4.39 Å². The monoisotopic (exact) mass is 439 g/mol. The van der Waals surface area contributed by atoms with Crippen molar-refractivity contribution in [2.45, 2.75) is 20.0 Å². The number of esters is 1. The van der Waals surface area contributed by atoms with Crippen molar-refractivity contribution >= 4 is 40.5 Å². The van der Waals surface area contributed by atoms with E-state index < -0.39 is 5.82 Å². The Labute approximate surface area is 175 Å². The van der Waals surface area contributed by atoms with Crippen molar-refractivity contribution < 1.29 is 18.7 Å². The summed E-state index contributed by atoms with van der Waals surface area (Å²) in [6.45, 7) is 2.10. The molecule has 0 spiro atoms. The minimum Gasteiger partial charge on any atom is -0.488 e. The molecule has 0 radical (unpaired) electrons. The maximum Gasteiger partial charge on any atom is 0.311 e. The molecule has 0 atom stereocenters. The molecule has 4 nitrogen and oxygen atoms in total. The van der Waals surface area contributed by atoms with Crippen LogP contribution in [0.3, 0.4) is 0 Å². The van der Waals surface area contributed by atoms with Crippen molar-refractivity contribution in [3.63, 3.8) is 0 Å². The molecule has 0 saturated carbocycles. The van der Waals surface area contributed by atoms with E-state index in [2.05, 4.69) is 4.98 Å². The molecule has 3 rings (SSSR count). The molecule has 8 heteroatoms. The van der Waals surface area contributed by atoms with Crippen LogP contribution in [0.25, 0.3) is 10.6 Å². The second-order valence-corrected chi connectivity index (χ2v) is 7.52. The predicted octanol–water partition coefficient (Wildman–Crippen LogP) is 5.94. The summed E-state index contributed by atoms with van der Waals surface area (Å²) in [6, 6.07) is 9.54. The molecule has 28 heavy (non-hydrogen) atoms. The van der Waals surface area contributed by atoms with Crippen LogP contribution in [0.5, 0.6) is 5.75 Å². The van der Waals surface area contributed by atoms with Crippen LogP contribution >= 0.6 is 34.5 Å². The van der Waals surface area contributed by atoms with Gasteiger partial charge in [0.05, 0.1) is 24.3 Å². The zero-order valence-electron chi connectivity index (χ0n) is 14.9. The fourth-order valence-electron chi connectivity index (χ4n) is 2.46. The summed E-state index contributed by atoms with van der Waals surface area (Å²) in [4.78, 5) is 16.1. The van der Waals surface area contributed by atoms with E-state index in [9.17, 15) is 9.18 Å². The maximum absolute atomic E-state index is 14.0. The number of rotatable bonds is 7. The van der Waals surface area contributed by atoms with Crippen LogP contribution in [-0.4, -0.2) is 17.6 Å². The Balaban J connectivity index is 1.81. The van der Waals surface area contributed by atoms with Crippen LogP contribution < -0.4 is 4.74 Å². The predicted molar refractivity (Wildman–Crippen MR) is 109 cm³/mol. The van der Waals surface area contributed by atoms with Crippen molar-refractivity contribution in [1.29, 1.82) is 0 Å². The molecule has 1 heterocycles. The number of aromatic nitrogens is 1. The van der Waals surface area contributed by atoms with Crippen molar-refractivity contribution in [2.75, 3.05) is 6.61 Å². The van der Waals surface area contributed by atoms with Crippen LogP contribution in [0.2, 0.25) is 10.0 Å². The number of benzene rings is 2. The molecule has 0 aliphatic heterocycles. The average molecular weight is 440 g/mol. The third-order valence-corrected chi connectivity index (χ3v) is 5.15. The van der Waals surface area contributed by atoms with Gasteiger partial charge in [-0.15, -0.1) is 11.3 Å². The lowest BCUT2D eigenvalue weighted by molar-refractivity contribution is -0.142. The Kier molecular flexibility index (Phi) is 6.88. The smallest absolute Gasteiger partial charge is 0.311 e. The van der Waals surface area contributed by atoms with E-state index >= 15 is 0 Å². The van der Waals surface area contributed by atoms with Gasteiger partial charge in [-0.25, -0.2) is 9.37 Å². The molecular formula is C20H16Cl2FNO3S. The van der Waals surface area contributed by atoms with Gasteiger partial charge in [0.1, 0.15) is 23.2 Å². The topological polar surface area (TPSA) is 48.4 Å². The van der Waals surface area contributed by atoms with Crippen molar-refractivity contribution in [3.05, 3.63) is 68.9 Å². The van der Waals surface area contributed by atoms with Crippen molar-refractivity contribution in [2.24, 2.45) is 0 Å². The number of carbonyl (C=O) groups is 1. The number of halogens is 3. The van der Waals surface area contributed by atoms with Crippen molar-refractivity contribution in [1.82, 2.24) is 4.98 Å². The molecule has 1 aromatic heterocycles. The molecule has 146 valence electrons. The highest BCUT2D eigenvalue weighted by Gasteiger charge is 2.15. The van der Waals surface area contributed by atoms with E-state index in [0.29, 0.717) is 44.2 Å². The summed E-state index contributed by atoms with van der Waals surface area (Å²) >= 11 is 13.3. The molecule has 3 aromatic rings. The van der Waals surface area contributed by atoms with Gasteiger partial charge in [-0.2, -0.15) is 0 Å². The minimum atomic E-state index is -0.436. The first-order valence-corrected chi connectivity index (χ1v) is 10.1. The zero-order chi connectivity index (χ0) is 20.1. The lowest BCUT2D eigenvalue weighted by Crippen LogP contribution is -2.07. The van der Waals surface area contributed by atoms with Crippen LogP contribution in [0.15, 0.2) is 41.8 Å². The summed E-state index contributed by atoms with van der Waals surface area (Å²) in [5.74, 6) is -0.259. The van der Waals surface area contributed by atoms with Gasteiger partial charge in [0.25, 0.3) is 0 Å². The van der Waals surface area contributed by atoms with E-state index in [1.165, 1.54) is 17.4 Å². The molecule has 0 aliphatic carbocycles. The number of hydrogen-bond donors (Lipinski definition) is 0. The van der Waals surface area contributed by atoms with Gasteiger partial charge in [-0.3, -0.25) is 4.79 Å². The summed E-state index contributed by atoms with van der Waals surface area (Å²) in [5.41, 5.74) is 1.66. The lowest BCUT2D eigenvalue weighted by atomic mass is 10.2. The first-order chi connectivity index (χ1) is 13.5. The number of thiazole rings is 1. The van der Waals surface area contributed by atoms with Gasteiger partial charge in [-0.1, -0.05) is 29.3 Å². The molecule has 2 aromatic carbocycles. The Morgan fingerprint density at radius 2 is 1.93 bits per heavy atom. The number of carbonyl (C=O) groups excluding carboxylic acids is 1. The van der Waals surface area contributed by atoms with E-state index in [1.807, 2.05) is 0 Å². The maximum atomic E-state index is 14.0. The van der Waals surface area contributed by atoms with Gasteiger partial charge in [-0.05, 0) is 37.3 Å².